The van der Waals surface area contributed by atoms with Gasteiger partial charge in [-0.2, -0.15) is 15.0 Å². The van der Waals surface area contributed by atoms with Gasteiger partial charge in [0.25, 0.3) is 0 Å². The summed E-state index contributed by atoms with van der Waals surface area (Å²) in [7, 11) is 1.83. The van der Waals surface area contributed by atoms with Crippen LogP contribution in [0.25, 0.3) is 0 Å². The highest BCUT2D eigenvalue weighted by molar-refractivity contribution is 5.44. The minimum atomic E-state index is 0.391. The quantitative estimate of drug-likeness (QED) is 0.854. The van der Waals surface area contributed by atoms with Crippen LogP contribution in [0.2, 0.25) is 0 Å². The fourth-order valence-electron chi connectivity index (χ4n) is 2.62. The first kappa shape index (κ1) is 13.4. The molecule has 2 aliphatic rings. The second kappa shape index (κ2) is 6.21. The van der Waals surface area contributed by atoms with E-state index in [2.05, 4.69) is 30.5 Å². The van der Waals surface area contributed by atoms with Crippen molar-refractivity contribution in [3.05, 3.63) is 0 Å². The highest BCUT2D eigenvalue weighted by Gasteiger charge is 2.19. The summed E-state index contributed by atoms with van der Waals surface area (Å²) in [6.45, 7) is 3.68. The van der Waals surface area contributed by atoms with Crippen molar-refractivity contribution >= 4 is 17.8 Å². The van der Waals surface area contributed by atoms with Gasteiger partial charge in [-0.25, -0.2) is 0 Å². The van der Waals surface area contributed by atoms with Crippen molar-refractivity contribution in [3.8, 4) is 0 Å². The molecule has 0 unspecified atom stereocenters. The van der Waals surface area contributed by atoms with Crippen molar-refractivity contribution in [1.29, 1.82) is 0 Å². The van der Waals surface area contributed by atoms with E-state index in [1.165, 1.54) is 12.8 Å². The smallest absolute Gasteiger partial charge is 0.231 e. The fraction of sp³-hybridized carbons (Fsp3) is 0.769. The Hall–Kier alpha value is -1.63. The number of anilines is 3. The maximum absolute atomic E-state index is 5.37. The van der Waals surface area contributed by atoms with Crippen molar-refractivity contribution in [3.63, 3.8) is 0 Å². The van der Waals surface area contributed by atoms with Crippen LogP contribution in [-0.2, 0) is 4.74 Å². The highest BCUT2D eigenvalue weighted by Crippen LogP contribution is 2.20. The Morgan fingerprint density at radius 1 is 1.05 bits per heavy atom. The summed E-state index contributed by atoms with van der Waals surface area (Å²) < 4.78 is 5.37. The number of aromatic nitrogens is 3. The first-order chi connectivity index (χ1) is 9.85. The maximum atomic E-state index is 5.37. The van der Waals surface area contributed by atoms with Crippen LogP contribution in [0.3, 0.4) is 0 Å². The molecule has 0 spiro atoms. The summed E-state index contributed by atoms with van der Waals surface area (Å²) in [5, 5.41) is 6.43. The molecule has 3 heterocycles. The molecule has 0 atom stereocenters. The van der Waals surface area contributed by atoms with Crippen molar-refractivity contribution in [2.75, 3.05) is 48.9 Å². The van der Waals surface area contributed by atoms with E-state index in [4.69, 9.17) is 4.74 Å². The maximum Gasteiger partial charge on any atom is 0.231 e. The van der Waals surface area contributed by atoms with E-state index >= 15 is 0 Å². The van der Waals surface area contributed by atoms with Crippen molar-refractivity contribution in [2.45, 2.75) is 31.7 Å². The zero-order valence-corrected chi connectivity index (χ0v) is 11.9. The number of hydrogen-bond donors (Lipinski definition) is 2. The Morgan fingerprint density at radius 2 is 1.75 bits per heavy atom. The van der Waals surface area contributed by atoms with Crippen LogP contribution in [0, 0.1) is 0 Å². The van der Waals surface area contributed by atoms with E-state index in [9.17, 15) is 0 Å². The van der Waals surface area contributed by atoms with Gasteiger partial charge in [0.1, 0.15) is 0 Å². The van der Waals surface area contributed by atoms with Gasteiger partial charge in [-0.15, -0.1) is 0 Å². The summed E-state index contributed by atoms with van der Waals surface area (Å²) in [6.07, 6.45) is 4.42. The molecule has 0 radical (unpaired) electrons. The van der Waals surface area contributed by atoms with Crippen molar-refractivity contribution in [1.82, 2.24) is 15.0 Å². The number of rotatable bonds is 4. The van der Waals surface area contributed by atoms with Crippen molar-refractivity contribution < 1.29 is 4.74 Å². The van der Waals surface area contributed by atoms with Crippen LogP contribution < -0.4 is 15.5 Å². The number of hydrogen-bond acceptors (Lipinski definition) is 7. The average molecular weight is 278 g/mol. The van der Waals surface area contributed by atoms with Gasteiger partial charge in [-0.1, -0.05) is 0 Å². The third kappa shape index (κ3) is 3.09. The van der Waals surface area contributed by atoms with Crippen LogP contribution in [0.4, 0.5) is 17.8 Å². The third-order valence-electron chi connectivity index (χ3n) is 3.79. The molecule has 2 saturated heterocycles. The summed E-state index contributed by atoms with van der Waals surface area (Å²) in [5.41, 5.74) is 0. The molecule has 0 bridgehead atoms. The predicted octanol–water partition coefficient (Wildman–Crippen LogP) is 1.10. The third-order valence-corrected chi connectivity index (χ3v) is 3.79. The van der Waals surface area contributed by atoms with Gasteiger partial charge in [0.15, 0.2) is 0 Å². The topological polar surface area (TPSA) is 75.2 Å². The highest BCUT2D eigenvalue weighted by atomic mass is 16.5. The normalized spacial score (nSPS) is 20.1. The molecule has 7 heteroatoms. The van der Waals surface area contributed by atoms with Gasteiger partial charge in [0.2, 0.25) is 17.8 Å². The van der Waals surface area contributed by atoms with Crippen LogP contribution in [0.5, 0.6) is 0 Å². The monoisotopic (exact) mass is 278 g/mol. The van der Waals surface area contributed by atoms with Gasteiger partial charge in [-0.05, 0) is 25.7 Å². The lowest BCUT2D eigenvalue weighted by atomic mass is 10.1. The first-order valence-electron chi connectivity index (χ1n) is 7.38. The Balaban J connectivity index is 1.76. The molecule has 20 heavy (non-hydrogen) atoms. The van der Waals surface area contributed by atoms with Gasteiger partial charge >= 0.3 is 0 Å². The minimum absolute atomic E-state index is 0.391. The predicted molar refractivity (Wildman–Crippen MR) is 78.3 cm³/mol. The second-order valence-electron chi connectivity index (χ2n) is 5.26. The van der Waals surface area contributed by atoms with Gasteiger partial charge in [0.05, 0.1) is 0 Å². The van der Waals surface area contributed by atoms with Gasteiger partial charge < -0.3 is 20.3 Å². The molecule has 110 valence electrons. The number of ether oxygens (including phenoxy) is 1. The molecule has 1 aromatic heterocycles. The van der Waals surface area contributed by atoms with Crippen LogP contribution in [-0.4, -0.2) is 54.3 Å². The minimum Gasteiger partial charge on any atom is -0.381 e. The lowest BCUT2D eigenvalue weighted by Crippen LogP contribution is -2.29. The van der Waals surface area contributed by atoms with Gasteiger partial charge in [0, 0.05) is 39.4 Å². The fourth-order valence-corrected chi connectivity index (χ4v) is 2.62. The van der Waals surface area contributed by atoms with E-state index in [0.29, 0.717) is 17.9 Å². The number of nitrogens with zero attached hydrogens (tertiary/aromatic N) is 4. The zero-order chi connectivity index (χ0) is 13.8. The lowest BCUT2D eigenvalue weighted by molar-refractivity contribution is 0.0903. The molecule has 2 fully saturated rings. The van der Waals surface area contributed by atoms with E-state index in [1.807, 2.05) is 7.05 Å². The molecule has 2 aliphatic heterocycles. The summed E-state index contributed by atoms with van der Waals surface area (Å²) in [4.78, 5) is 15.6. The Kier molecular flexibility index (Phi) is 4.15. The van der Waals surface area contributed by atoms with E-state index in [-0.39, 0.29) is 0 Å². The van der Waals surface area contributed by atoms with Gasteiger partial charge in [-0.3, -0.25) is 0 Å². The largest absolute Gasteiger partial charge is 0.381 e. The van der Waals surface area contributed by atoms with E-state index < -0.39 is 0 Å². The molecule has 1 aromatic rings. The Labute approximate surface area is 119 Å². The van der Waals surface area contributed by atoms with Crippen LogP contribution in [0.1, 0.15) is 25.7 Å². The standard InChI is InChI=1S/C13H22N6O/c1-14-11-16-12(15-10-4-8-20-9-5-10)18-13(17-11)19-6-2-3-7-19/h10H,2-9H2,1H3,(H2,14,15,16,17,18). The Bertz CT molecular complexity index is 442. The molecule has 0 amide bonds. The van der Waals surface area contributed by atoms with Crippen LogP contribution >= 0.6 is 0 Å². The molecule has 0 aromatic carbocycles. The summed E-state index contributed by atoms with van der Waals surface area (Å²) in [5.74, 6) is 2.06. The molecule has 0 aliphatic carbocycles. The summed E-state index contributed by atoms with van der Waals surface area (Å²) >= 11 is 0. The zero-order valence-electron chi connectivity index (χ0n) is 11.9. The molecule has 3 rings (SSSR count). The Morgan fingerprint density at radius 3 is 2.45 bits per heavy atom. The van der Waals surface area contributed by atoms with Crippen molar-refractivity contribution in [2.24, 2.45) is 0 Å². The molecular formula is C13H22N6O. The van der Waals surface area contributed by atoms with E-state index in [0.717, 1.165) is 45.1 Å². The summed E-state index contributed by atoms with van der Waals surface area (Å²) in [6, 6.07) is 0.391. The molecule has 0 saturated carbocycles. The second-order valence-corrected chi connectivity index (χ2v) is 5.26. The number of nitrogens with one attached hydrogen (secondary N) is 2. The first-order valence-corrected chi connectivity index (χ1v) is 7.38. The van der Waals surface area contributed by atoms with E-state index in [1.54, 1.807) is 0 Å². The molecular weight excluding hydrogens is 256 g/mol. The lowest BCUT2D eigenvalue weighted by Gasteiger charge is -2.24. The molecule has 7 nitrogen and oxygen atoms in total. The average Bonchev–Trinajstić information content (AvgIpc) is 3.02. The SMILES string of the molecule is CNc1nc(NC2CCOCC2)nc(N2CCCC2)n1. The van der Waals surface area contributed by atoms with Crippen LogP contribution in [0.15, 0.2) is 0 Å². The molecule has 2 N–H and O–H groups in total.